The van der Waals surface area contributed by atoms with E-state index < -0.39 is 0 Å². The van der Waals surface area contributed by atoms with Crippen molar-refractivity contribution < 1.29 is 4.79 Å². The van der Waals surface area contributed by atoms with Gasteiger partial charge in [0.15, 0.2) is 0 Å². The standard InChI is InChI=1S/C14H15ClN2OS/c15-13-6-2-1-5-12(13)14(18)17-8-7-16-10-11-4-3-9-19-11/h1-6,9,16H,7-8,10H2,(H,17,18). The van der Waals surface area contributed by atoms with Crippen molar-refractivity contribution in [2.24, 2.45) is 0 Å². The zero-order valence-corrected chi connectivity index (χ0v) is 11.9. The first-order chi connectivity index (χ1) is 9.27. The predicted molar refractivity (Wildman–Crippen MR) is 79.8 cm³/mol. The quantitative estimate of drug-likeness (QED) is 0.804. The monoisotopic (exact) mass is 294 g/mol. The van der Waals surface area contributed by atoms with Crippen molar-refractivity contribution >= 4 is 28.8 Å². The van der Waals surface area contributed by atoms with Crippen LogP contribution in [0.25, 0.3) is 0 Å². The van der Waals surface area contributed by atoms with Crippen molar-refractivity contribution in [2.45, 2.75) is 6.54 Å². The number of carbonyl (C=O) groups excluding carboxylic acids is 1. The molecule has 0 saturated carbocycles. The van der Waals surface area contributed by atoms with Gasteiger partial charge in [0.1, 0.15) is 0 Å². The van der Waals surface area contributed by atoms with Crippen LogP contribution >= 0.6 is 22.9 Å². The van der Waals surface area contributed by atoms with Gasteiger partial charge in [-0.2, -0.15) is 0 Å². The number of halogens is 1. The molecule has 3 nitrogen and oxygen atoms in total. The Hall–Kier alpha value is -1.36. The zero-order valence-electron chi connectivity index (χ0n) is 10.4. The molecule has 0 atom stereocenters. The van der Waals surface area contributed by atoms with Crippen molar-refractivity contribution in [3.05, 3.63) is 57.2 Å². The van der Waals surface area contributed by atoms with Crippen molar-refractivity contribution in [3.63, 3.8) is 0 Å². The van der Waals surface area contributed by atoms with Crippen LogP contribution in [-0.4, -0.2) is 19.0 Å². The summed E-state index contributed by atoms with van der Waals surface area (Å²) >= 11 is 7.67. The molecule has 1 aromatic heterocycles. The van der Waals surface area contributed by atoms with E-state index in [0.29, 0.717) is 17.1 Å². The van der Waals surface area contributed by atoms with Gasteiger partial charge in [-0.05, 0) is 23.6 Å². The normalized spacial score (nSPS) is 10.4. The molecule has 0 spiro atoms. The first kappa shape index (κ1) is 14.1. The third kappa shape index (κ3) is 4.35. The summed E-state index contributed by atoms with van der Waals surface area (Å²) in [5.41, 5.74) is 0.516. The molecule has 0 fully saturated rings. The lowest BCUT2D eigenvalue weighted by molar-refractivity contribution is 0.0954. The Morgan fingerprint density at radius 2 is 2.00 bits per heavy atom. The Kier molecular flexibility index (Phi) is 5.39. The molecule has 0 aliphatic heterocycles. The molecule has 0 radical (unpaired) electrons. The molecule has 0 unspecified atom stereocenters. The van der Waals surface area contributed by atoms with Crippen LogP contribution in [0.4, 0.5) is 0 Å². The molecule has 1 heterocycles. The summed E-state index contributed by atoms with van der Waals surface area (Å²) < 4.78 is 0. The average Bonchev–Trinajstić information content (AvgIpc) is 2.92. The summed E-state index contributed by atoms with van der Waals surface area (Å²) in [4.78, 5) is 13.1. The van der Waals surface area contributed by atoms with Crippen molar-refractivity contribution in [1.82, 2.24) is 10.6 Å². The second-order valence-corrected chi connectivity index (χ2v) is 5.43. The summed E-state index contributed by atoms with van der Waals surface area (Å²) in [6, 6.07) is 11.2. The lowest BCUT2D eigenvalue weighted by atomic mass is 10.2. The van der Waals surface area contributed by atoms with Crippen LogP contribution < -0.4 is 10.6 Å². The van der Waals surface area contributed by atoms with E-state index >= 15 is 0 Å². The highest BCUT2D eigenvalue weighted by molar-refractivity contribution is 7.09. The smallest absolute Gasteiger partial charge is 0.252 e. The van der Waals surface area contributed by atoms with Crippen LogP contribution in [0.2, 0.25) is 5.02 Å². The number of thiophene rings is 1. The summed E-state index contributed by atoms with van der Waals surface area (Å²) in [5, 5.41) is 8.64. The largest absolute Gasteiger partial charge is 0.351 e. The highest BCUT2D eigenvalue weighted by Gasteiger charge is 2.07. The minimum Gasteiger partial charge on any atom is -0.351 e. The molecule has 0 bridgehead atoms. The Labute approximate surface area is 121 Å². The number of hydrogen-bond acceptors (Lipinski definition) is 3. The minimum atomic E-state index is -0.136. The number of carbonyl (C=O) groups is 1. The van der Waals surface area contributed by atoms with Crippen LogP contribution in [-0.2, 0) is 6.54 Å². The SMILES string of the molecule is O=C(NCCNCc1cccs1)c1ccccc1Cl. The first-order valence-electron chi connectivity index (χ1n) is 6.03. The van der Waals surface area contributed by atoms with Gasteiger partial charge in [0.05, 0.1) is 10.6 Å². The van der Waals surface area contributed by atoms with Gasteiger partial charge in [-0.15, -0.1) is 11.3 Å². The van der Waals surface area contributed by atoms with Gasteiger partial charge >= 0.3 is 0 Å². The van der Waals surface area contributed by atoms with Gasteiger partial charge in [0.25, 0.3) is 5.91 Å². The lowest BCUT2D eigenvalue weighted by Crippen LogP contribution is -2.31. The minimum absolute atomic E-state index is 0.136. The molecule has 0 saturated heterocycles. The fraction of sp³-hybridized carbons (Fsp3) is 0.214. The molecule has 19 heavy (non-hydrogen) atoms. The number of benzene rings is 1. The van der Waals surface area contributed by atoms with Gasteiger partial charge < -0.3 is 10.6 Å². The molecule has 1 aromatic carbocycles. The van der Waals surface area contributed by atoms with Gasteiger partial charge in [-0.1, -0.05) is 29.8 Å². The second-order valence-electron chi connectivity index (χ2n) is 3.99. The molecule has 0 aliphatic carbocycles. The number of hydrogen-bond donors (Lipinski definition) is 2. The van der Waals surface area contributed by atoms with E-state index in [1.807, 2.05) is 12.1 Å². The second kappa shape index (κ2) is 7.28. The summed E-state index contributed by atoms with van der Waals surface area (Å²) in [6.07, 6.45) is 0. The summed E-state index contributed by atoms with van der Waals surface area (Å²) in [7, 11) is 0. The maximum Gasteiger partial charge on any atom is 0.252 e. The topological polar surface area (TPSA) is 41.1 Å². The third-order valence-corrected chi connectivity index (χ3v) is 3.79. The molecule has 100 valence electrons. The summed E-state index contributed by atoms with van der Waals surface area (Å²) in [6.45, 7) is 2.14. The maximum absolute atomic E-state index is 11.8. The van der Waals surface area contributed by atoms with E-state index in [2.05, 4.69) is 22.1 Å². The fourth-order valence-corrected chi connectivity index (χ4v) is 2.53. The summed E-state index contributed by atoms with van der Waals surface area (Å²) in [5.74, 6) is -0.136. The van der Waals surface area contributed by atoms with E-state index in [-0.39, 0.29) is 5.91 Å². The first-order valence-corrected chi connectivity index (χ1v) is 7.29. The Morgan fingerprint density at radius 1 is 1.16 bits per heavy atom. The molecule has 0 aliphatic rings. The van der Waals surface area contributed by atoms with Gasteiger partial charge in [0, 0.05) is 24.5 Å². The van der Waals surface area contributed by atoms with Gasteiger partial charge in [-0.3, -0.25) is 4.79 Å². The lowest BCUT2D eigenvalue weighted by Gasteiger charge is -2.07. The molecular weight excluding hydrogens is 280 g/mol. The van der Waals surface area contributed by atoms with Gasteiger partial charge in [0.2, 0.25) is 0 Å². The third-order valence-electron chi connectivity index (χ3n) is 2.59. The van der Waals surface area contributed by atoms with Crippen LogP contribution in [0.1, 0.15) is 15.2 Å². The molecule has 5 heteroatoms. The number of nitrogens with one attached hydrogen (secondary N) is 2. The Bertz CT molecular complexity index is 528. The fourth-order valence-electron chi connectivity index (χ4n) is 1.63. The Balaban J connectivity index is 1.68. The Morgan fingerprint density at radius 3 is 2.74 bits per heavy atom. The molecular formula is C14H15ClN2OS. The highest BCUT2D eigenvalue weighted by atomic mass is 35.5. The van der Waals surface area contributed by atoms with E-state index in [9.17, 15) is 4.79 Å². The van der Waals surface area contributed by atoms with Crippen LogP contribution in [0.5, 0.6) is 0 Å². The molecule has 2 aromatic rings. The zero-order chi connectivity index (χ0) is 13.5. The molecule has 2 rings (SSSR count). The van der Waals surface area contributed by atoms with Gasteiger partial charge in [-0.25, -0.2) is 0 Å². The van der Waals surface area contributed by atoms with Crippen molar-refractivity contribution in [1.29, 1.82) is 0 Å². The van der Waals surface area contributed by atoms with E-state index in [1.165, 1.54) is 4.88 Å². The molecule has 2 N–H and O–H groups in total. The van der Waals surface area contributed by atoms with Crippen molar-refractivity contribution in [3.8, 4) is 0 Å². The van der Waals surface area contributed by atoms with E-state index in [1.54, 1.807) is 29.5 Å². The van der Waals surface area contributed by atoms with Crippen LogP contribution in [0, 0.1) is 0 Å². The maximum atomic E-state index is 11.8. The number of rotatable bonds is 6. The highest BCUT2D eigenvalue weighted by Crippen LogP contribution is 2.14. The van der Waals surface area contributed by atoms with Crippen LogP contribution in [0.15, 0.2) is 41.8 Å². The van der Waals surface area contributed by atoms with E-state index in [4.69, 9.17) is 11.6 Å². The number of amides is 1. The van der Waals surface area contributed by atoms with Crippen molar-refractivity contribution in [2.75, 3.05) is 13.1 Å². The predicted octanol–water partition coefficient (Wildman–Crippen LogP) is 2.92. The average molecular weight is 295 g/mol. The van der Waals surface area contributed by atoms with Crippen LogP contribution in [0.3, 0.4) is 0 Å². The van der Waals surface area contributed by atoms with E-state index in [0.717, 1.165) is 13.1 Å². The molecule has 1 amide bonds.